The Morgan fingerprint density at radius 2 is 1.64 bits per heavy atom. The molecule has 0 spiro atoms. The van der Waals surface area contributed by atoms with Crippen molar-refractivity contribution in [3.05, 3.63) is 106 Å². The lowest BCUT2D eigenvalue weighted by Gasteiger charge is -2.35. The molecular weight excluding hydrogens is 433 g/mol. The van der Waals surface area contributed by atoms with Crippen molar-refractivity contribution in [3.63, 3.8) is 0 Å². The van der Waals surface area contributed by atoms with Gasteiger partial charge in [-0.15, -0.1) is 0 Å². The molecule has 0 heterocycles. The number of halogens is 2. The fourth-order valence-corrected chi connectivity index (χ4v) is 4.24. The predicted octanol–water partition coefficient (Wildman–Crippen LogP) is 6.95. The molecule has 5 heteroatoms. The quantitative estimate of drug-likeness (QED) is 0.396. The molecule has 3 aromatic carbocycles. The first-order chi connectivity index (χ1) is 15.7. The molecule has 0 aromatic heterocycles. The topological polar surface area (TPSA) is 59.6 Å². The molecule has 1 unspecified atom stereocenters. The third-order valence-corrected chi connectivity index (χ3v) is 6.31. The van der Waals surface area contributed by atoms with E-state index in [0.29, 0.717) is 10.6 Å². The number of hydrogen-bond donors (Lipinski definition) is 1. The van der Waals surface area contributed by atoms with Gasteiger partial charge in [-0.05, 0) is 80.3 Å². The first kappa shape index (κ1) is 24.5. The van der Waals surface area contributed by atoms with Crippen LogP contribution in [0.5, 0.6) is 0 Å². The van der Waals surface area contributed by atoms with Crippen LogP contribution in [0.4, 0.5) is 4.39 Å². The molecule has 3 nitrogen and oxygen atoms in total. The van der Waals surface area contributed by atoms with Gasteiger partial charge in [0.15, 0.2) is 0 Å². The van der Waals surface area contributed by atoms with E-state index in [0.717, 1.165) is 23.1 Å². The van der Waals surface area contributed by atoms with Gasteiger partial charge in [-0.3, -0.25) is 0 Å². The fourth-order valence-electron chi connectivity index (χ4n) is 4.12. The third kappa shape index (κ3) is 6.20. The minimum Gasteiger partial charge on any atom is -0.305 e. The summed E-state index contributed by atoms with van der Waals surface area (Å²) in [6, 6.07) is 25.9. The van der Waals surface area contributed by atoms with E-state index in [1.54, 1.807) is 18.2 Å². The Bertz CT molecular complexity index is 1160. The van der Waals surface area contributed by atoms with Crippen molar-refractivity contribution in [1.29, 1.82) is 10.5 Å². The lowest BCUT2D eigenvalue weighted by molar-refractivity contribution is 0.281. The van der Waals surface area contributed by atoms with Gasteiger partial charge in [0, 0.05) is 17.0 Å². The highest BCUT2D eigenvalue weighted by atomic mass is 35.5. The van der Waals surface area contributed by atoms with Crippen LogP contribution in [-0.2, 0) is 6.42 Å². The maximum Gasteiger partial charge on any atom is 0.123 e. The first-order valence-corrected chi connectivity index (χ1v) is 11.3. The predicted molar refractivity (Wildman–Crippen MR) is 130 cm³/mol. The van der Waals surface area contributed by atoms with Gasteiger partial charge in [0.25, 0.3) is 0 Å². The standard InChI is InChI=1S/C28H27ClFN3/c1-19(33-27(28(2,3)18-32)22-9-13-25(30)14-10-22)26(16-20-7-11-24(29)12-8-20)23-6-4-5-21(15-23)17-31/h4-15,19,26-27,33H,16H2,1-3H3/t19-,26+,27?/m0/s1. The Morgan fingerprint density at radius 1 is 0.970 bits per heavy atom. The van der Waals surface area contributed by atoms with Crippen LogP contribution in [0.25, 0.3) is 0 Å². The highest BCUT2D eigenvalue weighted by molar-refractivity contribution is 6.30. The SMILES string of the molecule is C[C@H](NC(c1ccc(F)cc1)C(C)(C)C#N)[C@@H](Cc1ccc(Cl)cc1)c1cccc(C#N)c1. The first-order valence-electron chi connectivity index (χ1n) is 10.9. The second kappa shape index (κ2) is 10.6. The average Bonchev–Trinajstić information content (AvgIpc) is 2.82. The van der Waals surface area contributed by atoms with Gasteiger partial charge >= 0.3 is 0 Å². The second-order valence-electron chi connectivity index (χ2n) is 8.95. The second-order valence-corrected chi connectivity index (χ2v) is 9.38. The lowest BCUT2D eigenvalue weighted by atomic mass is 9.79. The number of rotatable bonds is 8. The van der Waals surface area contributed by atoms with Gasteiger partial charge < -0.3 is 5.32 Å². The van der Waals surface area contributed by atoms with Crippen molar-refractivity contribution in [2.24, 2.45) is 5.41 Å². The van der Waals surface area contributed by atoms with E-state index < -0.39 is 5.41 Å². The smallest absolute Gasteiger partial charge is 0.123 e. The molecule has 0 fully saturated rings. The summed E-state index contributed by atoms with van der Waals surface area (Å²) in [6.07, 6.45) is 0.726. The molecule has 0 saturated heterocycles. The van der Waals surface area contributed by atoms with Gasteiger partial charge in [0.2, 0.25) is 0 Å². The molecular formula is C28H27ClFN3. The molecule has 168 valence electrons. The van der Waals surface area contributed by atoms with Crippen LogP contribution in [-0.4, -0.2) is 6.04 Å². The van der Waals surface area contributed by atoms with Crippen LogP contribution in [0.2, 0.25) is 5.02 Å². The molecule has 33 heavy (non-hydrogen) atoms. The van der Waals surface area contributed by atoms with Gasteiger partial charge in [-0.1, -0.05) is 48.0 Å². The molecule has 0 amide bonds. The summed E-state index contributed by atoms with van der Waals surface area (Å²) >= 11 is 6.08. The van der Waals surface area contributed by atoms with Crippen LogP contribution in [0, 0.1) is 33.9 Å². The molecule has 3 atom stereocenters. The zero-order chi connectivity index (χ0) is 24.0. The zero-order valence-electron chi connectivity index (χ0n) is 19.0. The van der Waals surface area contributed by atoms with Crippen molar-refractivity contribution >= 4 is 11.6 Å². The molecule has 0 radical (unpaired) electrons. The molecule has 3 rings (SSSR count). The highest BCUT2D eigenvalue weighted by Gasteiger charge is 2.34. The summed E-state index contributed by atoms with van der Waals surface area (Å²) in [6.45, 7) is 5.85. The van der Waals surface area contributed by atoms with Gasteiger partial charge in [-0.25, -0.2) is 4.39 Å². The number of benzene rings is 3. The van der Waals surface area contributed by atoms with Crippen LogP contribution in [0.1, 0.15) is 55.0 Å². The summed E-state index contributed by atoms with van der Waals surface area (Å²) in [4.78, 5) is 0. The van der Waals surface area contributed by atoms with E-state index in [1.165, 1.54) is 12.1 Å². The normalized spacial score (nSPS) is 14.0. The van der Waals surface area contributed by atoms with E-state index in [9.17, 15) is 14.9 Å². The molecule has 0 bridgehead atoms. The number of nitrogens with zero attached hydrogens (tertiary/aromatic N) is 2. The monoisotopic (exact) mass is 459 g/mol. The highest BCUT2D eigenvalue weighted by Crippen LogP contribution is 2.35. The van der Waals surface area contributed by atoms with Crippen molar-refractivity contribution in [2.75, 3.05) is 0 Å². The van der Waals surface area contributed by atoms with E-state index in [1.807, 2.05) is 56.3 Å². The maximum absolute atomic E-state index is 13.6. The molecule has 0 aliphatic heterocycles. The minimum absolute atomic E-state index is 0.0249. The third-order valence-electron chi connectivity index (χ3n) is 6.06. The minimum atomic E-state index is -0.731. The number of nitriles is 2. The average molecular weight is 460 g/mol. The summed E-state index contributed by atoms with van der Waals surface area (Å²) in [7, 11) is 0. The molecule has 3 aromatic rings. The summed E-state index contributed by atoms with van der Waals surface area (Å²) in [5, 5.41) is 23.6. The Balaban J connectivity index is 1.98. The van der Waals surface area contributed by atoms with E-state index in [-0.39, 0.29) is 23.8 Å². The van der Waals surface area contributed by atoms with Crippen molar-refractivity contribution in [2.45, 2.75) is 45.2 Å². The Hall–Kier alpha value is -3.18. The Labute approximate surface area is 200 Å². The van der Waals surface area contributed by atoms with Gasteiger partial charge in [0.05, 0.1) is 29.2 Å². The zero-order valence-corrected chi connectivity index (χ0v) is 19.8. The van der Waals surface area contributed by atoms with E-state index in [4.69, 9.17) is 11.6 Å². The molecule has 0 saturated carbocycles. The molecule has 0 aliphatic carbocycles. The fraction of sp³-hybridized carbons (Fsp3) is 0.286. The summed E-state index contributed by atoms with van der Waals surface area (Å²) in [5.41, 5.74) is 2.89. The van der Waals surface area contributed by atoms with Crippen LogP contribution in [0.3, 0.4) is 0 Å². The Morgan fingerprint density at radius 3 is 2.24 bits per heavy atom. The van der Waals surface area contributed by atoms with Crippen molar-refractivity contribution < 1.29 is 4.39 Å². The van der Waals surface area contributed by atoms with Crippen LogP contribution >= 0.6 is 11.6 Å². The van der Waals surface area contributed by atoms with Gasteiger partial charge in [-0.2, -0.15) is 10.5 Å². The van der Waals surface area contributed by atoms with E-state index >= 15 is 0 Å². The largest absolute Gasteiger partial charge is 0.305 e. The molecule has 0 aliphatic rings. The number of hydrogen-bond acceptors (Lipinski definition) is 3. The van der Waals surface area contributed by atoms with Crippen LogP contribution in [0.15, 0.2) is 72.8 Å². The molecule has 1 N–H and O–H groups in total. The van der Waals surface area contributed by atoms with Crippen molar-refractivity contribution in [3.8, 4) is 12.1 Å². The summed E-state index contributed by atoms with van der Waals surface area (Å²) < 4.78 is 13.6. The van der Waals surface area contributed by atoms with Gasteiger partial charge in [0.1, 0.15) is 5.82 Å². The van der Waals surface area contributed by atoms with E-state index in [2.05, 4.69) is 24.4 Å². The van der Waals surface area contributed by atoms with Crippen LogP contribution < -0.4 is 5.32 Å². The number of nitrogens with one attached hydrogen (secondary N) is 1. The van der Waals surface area contributed by atoms with Crippen molar-refractivity contribution in [1.82, 2.24) is 5.32 Å². The lowest BCUT2D eigenvalue weighted by Crippen LogP contribution is -2.42. The Kier molecular flexibility index (Phi) is 7.88. The maximum atomic E-state index is 13.6. The summed E-state index contributed by atoms with van der Waals surface area (Å²) in [5.74, 6) is -0.286.